The van der Waals surface area contributed by atoms with Gasteiger partial charge in [-0.3, -0.25) is 9.59 Å². The maximum Gasteiger partial charge on any atom is 0.292 e. The zero-order chi connectivity index (χ0) is 18.0. The molecular formula is C16H15ClF2N4O2. The minimum atomic E-state index is -0.939. The summed E-state index contributed by atoms with van der Waals surface area (Å²) < 4.78 is 27.5. The van der Waals surface area contributed by atoms with Gasteiger partial charge in [0.15, 0.2) is 5.82 Å². The van der Waals surface area contributed by atoms with Crippen molar-refractivity contribution in [1.82, 2.24) is 15.1 Å². The highest BCUT2D eigenvalue weighted by Crippen LogP contribution is 2.27. The topological polar surface area (TPSA) is 76.0 Å². The molecule has 1 heterocycles. The first kappa shape index (κ1) is 17.3. The average Bonchev–Trinajstić information content (AvgIpc) is 3.39. The monoisotopic (exact) mass is 368 g/mol. The van der Waals surface area contributed by atoms with Crippen LogP contribution in [0.5, 0.6) is 0 Å². The molecule has 2 aromatic rings. The Morgan fingerprint density at radius 2 is 2.12 bits per heavy atom. The summed E-state index contributed by atoms with van der Waals surface area (Å²) in [6, 6.07) is 2.75. The zero-order valence-electron chi connectivity index (χ0n) is 13.1. The van der Waals surface area contributed by atoms with Gasteiger partial charge in [0.1, 0.15) is 16.5 Å². The van der Waals surface area contributed by atoms with Crippen molar-refractivity contribution in [2.24, 2.45) is 5.92 Å². The summed E-state index contributed by atoms with van der Waals surface area (Å²) in [6.07, 6.45) is 3.46. The molecule has 0 saturated heterocycles. The van der Waals surface area contributed by atoms with Gasteiger partial charge in [-0.2, -0.15) is 9.78 Å². The van der Waals surface area contributed by atoms with Crippen molar-refractivity contribution in [2.75, 3.05) is 18.4 Å². The summed E-state index contributed by atoms with van der Waals surface area (Å²) in [5.74, 6) is -1.37. The highest BCUT2D eigenvalue weighted by molar-refractivity contribution is 6.33. The molecule has 0 bridgehead atoms. The molecule has 0 atom stereocenters. The number of benzene rings is 1. The minimum Gasteiger partial charge on any atom is -0.373 e. The molecule has 9 heteroatoms. The van der Waals surface area contributed by atoms with Crippen LogP contribution in [-0.2, 0) is 4.79 Å². The number of halogens is 3. The Morgan fingerprint density at radius 3 is 2.80 bits per heavy atom. The standard InChI is InChI=1S/C16H15ClF2N4O2/c17-15-12(20-8-14(24)21-6-9-1-2-9)7-22-23(16(15)25)13-4-3-10(18)5-11(13)19/h3-5,7,9,20H,1-2,6,8H2,(H,21,24). The van der Waals surface area contributed by atoms with E-state index < -0.39 is 17.2 Å². The lowest BCUT2D eigenvalue weighted by Gasteiger charge is -2.11. The number of hydrogen-bond donors (Lipinski definition) is 2. The lowest BCUT2D eigenvalue weighted by molar-refractivity contribution is -0.119. The minimum absolute atomic E-state index is 0.0670. The van der Waals surface area contributed by atoms with E-state index in [9.17, 15) is 18.4 Å². The Kier molecular flexibility index (Phi) is 4.98. The number of carbonyl (C=O) groups excluding carboxylic acids is 1. The second kappa shape index (κ2) is 7.18. The SMILES string of the molecule is O=C(CNc1cnn(-c2ccc(F)cc2F)c(=O)c1Cl)NCC1CC1. The molecule has 0 radical (unpaired) electrons. The van der Waals surface area contributed by atoms with Crippen molar-refractivity contribution < 1.29 is 13.6 Å². The first-order valence-electron chi connectivity index (χ1n) is 7.69. The summed E-state index contributed by atoms with van der Waals surface area (Å²) in [5, 5.41) is 9.08. The van der Waals surface area contributed by atoms with Crippen LogP contribution in [0.25, 0.3) is 5.69 Å². The van der Waals surface area contributed by atoms with Gasteiger partial charge < -0.3 is 10.6 Å². The molecule has 132 valence electrons. The summed E-state index contributed by atoms with van der Waals surface area (Å²) in [7, 11) is 0. The van der Waals surface area contributed by atoms with Gasteiger partial charge in [-0.1, -0.05) is 11.6 Å². The quantitative estimate of drug-likeness (QED) is 0.818. The van der Waals surface area contributed by atoms with Gasteiger partial charge in [0.25, 0.3) is 5.56 Å². The second-order valence-corrected chi connectivity index (χ2v) is 6.16. The van der Waals surface area contributed by atoms with E-state index in [1.165, 1.54) is 6.20 Å². The van der Waals surface area contributed by atoms with Crippen molar-refractivity contribution >= 4 is 23.2 Å². The van der Waals surface area contributed by atoms with E-state index in [-0.39, 0.29) is 28.8 Å². The molecule has 3 rings (SSSR count). The Balaban J connectivity index is 1.73. The van der Waals surface area contributed by atoms with Crippen molar-refractivity contribution in [3.63, 3.8) is 0 Å². The maximum atomic E-state index is 13.8. The van der Waals surface area contributed by atoms with Crippen molar-refractivity contribution in [3.8, 4) is 5.69 Å². The third-order valence-corrected chi connectivity index (χ3v) is 4.15. The summed E-state index contributed by atoms with van der Waals surface area (Å²) in [6.45, 7) is 0.570. The van der Waals surface area contributed by atoms with Crippen LogP contribution in [0.1, 0.15) is 12.8 Å². The predicted molar refractivity (Wildman–Crippen MR) is 89.0 cm³/mol. The molecule has 1 fully saturated rings. The Labute approximate surface area is 146 Å². The van der Waals surface area contributed by atoms with Crippen molar-refractivity contribution in [1.29, 1.82) is 0 Å². The Bertz CT molecular complexity index is 868. The lowest BCUT2D eigenvalue weighted by Crippen LogP contribution is -2.32. The number of anilines is 1. The smallest absolute Gasteiger partial charge is 0.292 e. The fourth-order valence-corrected chi connectivity index (χ4v) is 2.39. The molecule has 0 spiro atoms. The third-order valence-electron chi connectivity index (χ3n) is 3.78. The van der Waals surface area contributed by atoms with Gasteiger partial charge >= 0.3 is 0 Å². The zero-order valence-corrected chi connectivity index (χ0v) is 13.8. The molecule has 25 heavy (non-hydrogen) atoms. The van der Waals surface area contributed by atoms with Gasteiger partial charge in [0, 0.05) is 12.6 Å². The van der Waals surface area contributed by atoms with E-state index in [1.54, 1.807) is 0 Å². The van der Waals surface area contributed by atoms with E-state index in [1.807, 2.05) is 0 Å². The van der Waals surface area contributed by atoms with Crippen molar-refractivity contribution in [3.05, 3.63) is 51.4 Å². The van der Waals surface area contributed by atoms with E-state index in [4.69, 9.17) is 11.6 Å². The molecule has 6 nitrogen and oxygen atoms in total. The molecule has 1 aliphatic carbocycles. The van der Waals surface area contributed by atoms with Gasteiger partial charge in [-0.05, 0) is 30.9 Å². The molecule has 1 amide bonds. The van der Waals surface area contributed by atoms with Crippen LogP contribution >= 0.6 is 11.6 Å². The van der Waals surface area contributed by atoms with E-state index in [0.717, 1.165) is 29.7 Å². The summed E-state index contributed by atoms with van der Waals surface area (Å²) in [4.78, 5) is 24.0. The molecular weight excluding hydrogens is 354 g/mol. The second-order valence-electron chi connectivity index (χ2n) is 5.79. The first-order chi connectivity index (χ1) is 12.0. The van der Waals surface area contributed by atoms with Crippen LogP contribution in [0.2, 0.25) is 5.02 Å². The van der Waals surface area contributed by atoms with Crippen LogP contribution in [0.3, 0.4) is 0 Å². The van der Waals surface area contributed by atoms with E-state index in [2.05, 4.69) is 15.7 Å². The maximum absolute atomic E-state index is 13.8. The number of nitrogens with one attached hydrogen (secondary N) is 2. The summed E-state index contributed by atoms with van der Waals surface area (Å²) in [5.41, 5.74) is -0.843. The van der Waals surface area contributed by atoms with E-state index >= 15 is 0 Å². The normalized spacial score (nSPS) is 13.6. The fourth-order valence-electron chi connectivity index (χ4n) is 2.20. The Morgan fingerprint density at radius 1 is 1.36 bits per heavy atom. The van der Waals surface area contributed by atoms with Crippen LogP contribution < -0.4 is 16.2 Å². The largest absolute Gasteiger partial charge is 0.373 e. The van der Waals surface area contributed by atoms with Crippen LogP contribution in [0.15, 0.2) is 29.2 Å². The van der Waals surface area contributed by atoms with Gasteiger partial charge in [0.05, 0.1) is 18.4 Å². The highest BCUT2D eigenvalue weighted by atomic mass is 35.5. The number of hydrogen-bond acceptors (Lipinski definition) is 4. The highest BCUT2D eigenvalue weighted by Gasteiger charge is 2.21. The van der Waals surface area contributed by atoms with Crippen molar-refractivity contribution in [2.45, 2.75) is 12.8 Å². The number of nitrogens with zero attached hydrogens (tertiary/aromatic N) is 2. The van der Waals surface area contributed by atoms with Crippen LogP contribution in [-0.4, -0.2) is 28.8 Å². The Hall–Kier alpha value is -2.48. The van der Waals surface area contributed by atoms with Crippen LogP contribution in [0.4, 0.5) is 14.5 Å². The predicted octanol–water partition coefficient (Wildman–Crippen LogP) is 2.10. The number of rotatable bonds is 6. The third kappa shape index (κ3) is 4.14. The van der Waals surface area contributed by atoms with Gasteiger partial charge in [-0.15, -0.1) is 0 Å². The number of carbonyl (C=O) groups is 1. The van der Waals surface area contributed by atoms with E-state index in [0.29, 0.717) is 18.5 Å². The first-order valence-corrected chi connectivity index (χ1v) is 8.07. The van der Waals surface area contributed by atoms with Gasteiger partial charge in [0.2, 0.25) is 5.91 Å². The molecule has 1 aromatic carbocycles. The molecule has 0 aliphatic heterocycles. The average molecular weight is 369 g/mol. The van der Waals surface area contributed by atoms with Crippen LogP contribution in [0, 0.1) is 17.6 Å². The molecule has 1 aromatic heterocycles. The molecule has 1 aliphatic rings. The fraction of sp³-hybridized carbons (Fsp3) is 0.312. The molecule has 2 N–H and O–H groups in total. The van der Waals surface area contributed by atoms with Gasteiger partial charge in [-0.25, -0.2) is 8.78 Å². The molecule has 0 unspecified atom stereocenters. The number of amides is 1. The number of aromatic nitrogens is 2. The molecule has 1 saturated carbocycles. The summed E-state index contributed by atoms with van der Waals surface area (Å²) >= 11 is 5.99. The lowest BCUT2D eigenvalue weighted by atomic mass is 10.3.